The lowest BCUT2D eigenvalue weighted by molar-refractivity contribution is 1.03. The molecule has 0 saturated carbocycles. The Morgan fingerprint density at radius 2 is 1.67 bits per heavy atom. The molecule has 0 fully saturated rings. The van der Waals surface area contributed by atoms with Crippen LogP contribution in [-0.4, -0.2) is 14.4 Å². The van der Waals surface area contributed by atoms with Crippen molar-refractivity contribution in [3.63, 3.8) is 0 Å². The lowest BCUT2D eigenvalue weighted by Crippen LogP contribution is -2.23. The molecule has 0 heterocycles. The Labute approximate surface area is 44.1 Å². The van der Waals surface area contributed by atoms with Crippen molar-refractivity contribution in [2.45, 2.75) is 24.4 Å². The zero-order valence-corrected chi connectivity index (χ0v) is 5.89. The van der Waals surface area contributed by atoms with Crippen molar-refractivity contribution in [3.8, 4) is 0 Å². The Morgan fingerprint density at radius 3 is 1.67 bits per heavy atom. The van der Waals surface area contributed by atoms with Crippen molar-refractivity contribution in [2.24, 2.45) is 4.72 Å². The molecule has 0 aromatic carbocycles. The predicted molar refractivity (Wildman–Crippen MR) is 30.9 cm³/mol. The van der Waals surface area contributed by atoms with E-state index in [9.17, 15) is 0 Å². The fourth-order valence-electron chi connectivity index (χ4n) is 0. The Hall–Kier alpha value is 0.492. The van der Waals surface area contributed by atoms with E-state index in [1.807, 2.05) is 0 Å². The normalized spacial score (nSPS) is 9.50. The molecule has 0 rings (SSSR count). The predicted octanol–water partition coefficient (Wildman–Crippen LogP) is 0.976. The van der Waals surface area contributed by atoms with Gasteiger partial charge in [0.05, 0.1) is 0 Å². The SMILES string of the molecule is C[CH](C)[Al]([CH3])[NH2]. The molecule has 2 N–H and O–H groups in total. The van der Waals surface area contributed by atoms with Gasteiger partial charge < -0.3 is 4.72 Å². The van der Waals surface area contributed by atoms with Gasteiger partial charge in [-0.15, -0.1) is 0 Å². The molecule has 0 atom stereocenters. The molecule has 0 spiro atoms. The quantitative estimate of drug-likeness (QED) is 0.489. The van der Waals surface area contributed by atoms with Crippen molar-refractivity contribution in [1.82, 2.24) is 0 Å². The minimum Gasteiger partial charge on any atom is -0.413 e. The first-order valence-corrected chi connectivity index (χ1v) is 4.89. The van der Waals surface area contributed by atoms with Crippen LogP contribution in [0, 0.1) is 0 Å². The second-order valence-corrected chi connectivity index (χ2v) is 5.15. The van der Waals surface area contributed by atoms with Gasteiger partial charge in [-0.2, -0.15) is 0 Å². The van der Waals surface area contributed by atoms with Gasteiger partial charge in [0.1, 0.15) is 0 Å². The van der Waals surface area contributed by atoms with E-state index < -0.39 is 14.4 Å². The van der Waals surface area contributed by atoms with Crippen molar-refractivity contribution >= 4 is 14.4 Å². The summed E-state index contributed by atoms with van der Waals surface area (Å²) in [5.41, 5.74) is 0. The lowest BCUT2D eigenvalue weighted by Gasteiger charge is -1.98. The maximum atomic E-state index is 5.57. The molecule has 0 aliphatic carbocycles. The second kappa shape index (κ2) is 2.63. The van der Waals surface area contributed by atoms with E-state index in [1.54, 1.807) is 0 Å². The van der Waals surface area contributed by atoms with Crippen LogP contribution in [0.15, 0.2) is 0 Å². The summed E-state index contributed by atoms with van der Waals surface area (Å²) in [6.45, 7) is 4.35. The fourth-order valence-corrected chi connectivity index (χ4v) is 0. The molecule has 0 aliphatic rings. The molecule has 0 aliphatic heterocycles. The van der Waals surface area contributed by atoms with Crippen LogP contribution in [0.25, 0.3) is 0 Å². The highest BCUT2D eigenvalue weighted by Crippen LogP contribution is 1.99. The molecule has 0 radical (unpaired) electrons. The standard InChI is InChI=1S/C3H7.CH3.Al.H2N/c1-3-2;;;/h3H,1-2H3;1H3;;1H2/q;;+1;-1. The van der Waals surface area contributed by atoms with Crippen LogP contribution in [-0.2, 0) is 0 Å². The van der Waals surface area contributed by atoms with E-state index in [0.717, 1.165) is 4.78 Å². The van der Waals surface area contributed by atoms with Gasteiger partial charge in [-0.3, -0.25) is 0 Å². The Morgan fingerprint density at radius 1 is 1.50 bits per heavy atom. The molecule has 0 bridgehead atoms. The first kappa shape index (κ1) is 6.49. The van der Waals surface area contributed by atoms with Crippen LogP contribution in [0.1, 0.15) is 13.8 Å². The Bertz CT molecular complexity index is 28.5. The third kappa shape index (κ3) is 2.72. The van der Waals surface area contributed by atoms with Gasteiger partial charge >= 0.3 is 14.4 Å². The highest BCUT2D eigenvalue weighted by Gasteiger charge is 2.07. The van der Waals surface area contributed by atoms with Gasteiger partial charge in [0.15, 0.2) is 0 Å². The maximum absolute atomic E-state index is 5.57. The number of hydrogen-bond acceptors (Lipinski definition) is 1. The van der Waals surface area contributed by atoms with Crippen LogP contribution in [0.4, 0.5) is 0 Å². The van der Waals surface area contributed by atoms with Gasteiger partial charge in [0, 0.05) is 0 Å². The minimum atomic E-state index is -0.744. The molecule has 0 amide bonds. The minimum absolute atomic E-state index is 0.744. The summed E-state index contributed by atoms with van der Waals surface area (Å²) in [4.78, 5) is 0. The fraction of sp³-hybridized carbons (Fsp3) is 1.00. The monoisotopic (exact) mass is 101 g/mol. The summed E-state index contributed by atoms with van der Waals surface area (Å²) >= 11 is -0.744. The summed E-state index contributed by atoms with van der Waals surface area (Å²) in [5, 5.41) is 0. The zero-order chi connectivity index (χ0) is 5.15. The number of rotatable bonds is 1. The van der Waals surface area contributed by atoms with Gasteiger partial charge in [0.25, 0.3) is 0 Å². The highest BCUT2D eigenvalue weighted by atomic mass is 27.2. The highest BCUT2D eigenvalue weighted by molar-refractivity contribution is 6.55. The second-order valence-electron chi connectivity index (χ2n) is 2.10. The molecular formula is C4H12AlN. The Balaban J connectivity index is 2.99. The average molecular weight is 101 g/mol. The molecule has 36 valence electrons. The van der Waals surface area contributed by atoms with Crippen LogP contribution in [0.3, 0.4) is 0 Å². The molecule has 0 aromatic rings. The molecule has 0 unspecified atom stereocenters. The largest absolute Gasteiger partial charge is 0.413 e. The van der Waals surface area contributed by atoms with Crippen molar-refractivity contribution in [3.05, 3.63) is 0 Å². The smallest absolute Gasteiger partial charge is 0.366 e. The first-order valence-electron chi connectivity index (χ1n) is 2.40. The lowest BCUT2D eigenvalue weighted by atomic mass is 10.6. The zero-order valence-electron chi connectivity index (χ0n) is 4.73. The molecule has 1 nitrogen and oxygen atoms in total. The van der Waals surface area contributed by atoms with E-state index in [-0.39, 0.29) is 0 Å². The molecular weight excluding hydrogens is 89.0 g/mol. The van der Waals surface area contributed by atoms with E-state index in [1.165, 1.54) is 0 Å². The molecule has 0 saturated heterocycles. The van der Waals surface area contributed by atoms with Crippen molar-refractivity contribution in [1.29, 1.82) is 0 Å². The van der Waals surface area contributed by atoms with E-state index >= 15 is 0 Å². The first-order chi connectivity index (χ1) is 2.64. The summed E-state index contributed by atoms with van der Waals surface area (Å²) in [6.07, 6.45) is 0. The summed E-state index contributed by atoms with van der Waals surface area (Å²) in [6, 6.07) is 0. The summed E-state index contributed by atoms with van der Waals surface area (Å²) < 4.78 is 6.34. The molecule has 2 heteroatoms. The third-order valence-corrected chi connectivity index (χ3v) is 3.15. The maximum Gasteiger partial charge on any atom is 0.366 e. The van der Waals surface area contributed by atoms with E-state index in [0.29, 0.717) is 0 Å². The summed E-state index contributed by atoms with van der Waals surface area (Å²) in [5.74, 6) is 2.16. The Kier molecular flexibility index (Phi) is 2.85. The van der Waals surface area contributed by atoms with Gasteiger partial charge in [-0.05, 0) is 0 Å². The van der Waals surface area contributed by atoms with Gasteiger partial charge in [-0.1, -0.05) is 24.4 Å². The van der Waals surface area contributed by atoms with Crippen LogP contribution >= 0.6 is 0 Å². The van der Waals surface area contributed by atoms with Crippen molar-refractivity contribution in [2.75, 3.05) is 0 Å². The van der Waals surface area contributed by atoms with E-state index in [4.69, 9.17) is 4.72 Å². The summed E-state index contributed by atoms with van der Waals surface area (Å²) in [7, 11) is 0. The van der Waals surface area contributed by atoms with Crippen LogP contribution < -0.4 is 4.72 Å². The number of hydrogen-bond donors (Lipinski definition) is 1. The molecule has 6 heavy (non-hydrogen) atoms. The third-order valence-electron chi connectivity index (χ3n) is 1.05. The number of nitrogens with two attached hydrogens (primary N) is 1. The van der Waals surface area contributed by atoms with Crippen LogP contribution in [0.2, 0.25) is 10.6 Å². The van der Waals surface area contributed by atoms with Crippen molar-refractivity contribution < 1.29 is 0 Å². The average Bonchev–Trinajstić information content (AvgIpc) is 1.36. The van der Waals surface area contributed by atoms with E-state index in [2.05, 4.69) is 19.6 Å². The molecule has 0 aromatic heterocycles. The van der Waals surface area contributed by atoms with Gasteiger partial charge in [-0.25, -0.2) is 0 Å². The van der Waals surface area contributed by atoms with Crippen LogP contribution in [0.5, 0.6) is 0 Å². The van der Waals surface area contributed by atoms with Gasteiger partial charge in [0.2, 0.25) is 0 Å². The topological polar surface area (TPSA) is 26.0 Å².